The van der Waals surface area contributed by atoms with Crippen LogP contribution < -0.4 is 5.32 Å². The molecule has 7 heteroatoms. The normalized spacial score (nSPS) is 12.1. The molecule has 0 aliphatic rings. The van der Waals surface area contributed by atoms with Gasteiger partial charge in [0.1, 0.15) is 15.6 Å². The molecular weight excluding hydrogens is 266 g/mol. The highest BCUT2D eigenvalue weighted by Gasteiger charge is 2.19. The van der Waals surface area contributed by atoms with E-state index in [0.29, 0.717) is 16.4 Å². The second-order valence-electron chi connectivity index (χ2n) is 4.05. The van der Waals surface area contributed by atoms with Crippen molar-refractivity contribution >= 4 is 23.2 Å². The summed E-state index contributed by atoms with van der Waals surface area (Å²) in [6, 6.07) is 3.06. The molecule has 3 N–H and O–H groups in total. The van der Waals surface area contributed by atoms with Crippen LogP contribution >= 0.6 is 11.3 Å². The number of aromatic carboxylic acids is 1. The van der Waals surface area contributed by atoms with Crippen LogP contribution in [0.5, 0.6) is 0 Å². The van der Waals surface area contributed by atoms with Gasteiger partial charge in [0.15, 0.2) is 0 Å². The topological polar surface area (TPSA) is 95.1 Å². The number of carbonyl (C=O) groups excluding carboxylic acids is 1. The fourth-order valence-electron chi connectivity index (χ4n) is 1.61. The predicted molar refractivity (Wildman–Crippen MR) is 70.5 cm³/mol. The van der Waals surface area contributed by atoms with E-state index in [2.05, 4.69) is 15.3 Å². The average molecular weight is 279 g/mol. The van der Waals surface area contributed by atoms with Crippen LogP contribution in [0.15, 0.2) is 18.3 Å². The lowest BCUT2D eigenvalue weighted by Gasteiger charge is -2.09. The maximum Gasteiger partial charge on any atom is 0.347 e. The highest BCUT2D eigenvalue weighted by atomic mass is 32.1. The van der Waals surface area contributed by atoms with Gasteiger partial charge in [0.2, 0.25) is 0 Å². The Morgan fingerprint density at radius 3 is 2.79 bits per heavy atom. The Balaban J connectivity index is 2.12. The Morgan fingerprint density at radius 2 is 2.26 bits per heavy atom. The predicted octanol–water partition coefficient (Wildman–Crippen LogP) is 1.97. The molecule has 2 rings (SSSR count). The summed E-state index contributed by atoms with van der Waals surface area (Å²) in [5, 5.41) is 12.3. The number of aromatic nitrogens is 2. The number of aromatic amines is 1. The van der Waals surface area contributed by atoms with Gasteiger partial charge in [-0.15, -0.1) is 11.3 Å². The van der Waals surface area contributed by atoms with Crippen molar-refractivity contribution in [1.82, 2.24) is 15.3 Å². The van der Waals surface area contributed by atoms with Gasteiger partial charge >= 0.3 is 5.97 Å². The zero-order valence-electron chi connectivity index (χ0n) is 10.4. The van der Waals surface area contributed by atoms with Crippen molar-refractivity contribution in [3.63, 3.8) is 0 Å². The number of H-pyrrole nitrogens is 1. The van der Waals surface area contributed by atoms with Crippen LogP contribution in [0.25, 0.3) is 0 Å². The third-order valence-electron chi connectivity index (χ3n) is 2.57. The minimum Gasteiger partial charge on any atom is -0.477 e. The molecule has 0 saturated heterocycles. The molecular formula is C12H13N3O3S. The first-order chi connectivity index (χ1) is 8.99. The van der Waals surface area contributed by atoms with Crippen molar-refractivity contribution in [3.05, 3.63) is 39.6 Å². The summed E-state index contributed by atoms with van der Waals surface area (Å²) in [5.41, 5.74) is 0.923. The fourth-order valence-corrected chi connectivity index (χ4v) is 2.52. The summed E-state index contributed by atoms with van der Waals surface area (Å²) in [5.74, 6) is -1.24. The molecule has 0 radical (unpaired) electrons. The number of amides is 1. The van der Waals surface area contributed by atoms with Crippen LogP contribution in [0.2, 0.25) is 0 Å². The molecule has 100 valence electrons. The summed E-state index contributed by atoms with van der Waals surface area (Å²) in [6.07, 6.45) is 1.66. The molecule has 6 nitrogen and oxygen atoms in total. The number of carbonyl (C=O) groups is 2. The Kier molecular flexibility index (Phi) is 3.66. The van der Waals surface area contributed by atoms with Gasteiger partial charge in [-0.3, -0.25) is 4.79 Å². The molecule has 2 aromatic rings. The van der Waals surface area contributed by atoms with Crippen LogP contribution in [0.4, 0.5) is 0 Å². The lowest BCUT2D eigenvalue weighted by Crippen LogP contribution is -2.26. The van der Waals surface area contributed by atoms with Gasteiger partial charge < -0.3 is 15.4 Å². The standard InChI is InChI=1S/C12H13N3O3S/c1-6-9(12(17)18)19-11(15-6)7(2)14-10(16)8-4-3-5-13-8/h3-5,7,13H,1-2H3,(H,14,16)(H,17,18)/t7-/m0/s1. The summed E-state index contributed by atoms with van der Waals surface area (Å²) < 4.78 is 0. The van der Waals surface area contributed by atoms with Gasteiger partial charge in [-0.25, -0.2) is 9.78 Å². The first-order valence-corrected chi connectivity index (χ1v) is 6.45. The van der Waals surface area contributed by atoms with Gasteiger partial charge in [-0.05, 0) is 26.0 Å². The Labute approximate surface area is 113 Å². The first kappa shape index (κ1) is 13.3. The number of thiazole rings is 1. The molecule has 0 bridgehead atoms. The molecule has 0 fully saturated rings. The van der Waals surface area contributed by atoms with Crippen LogP contribution in [0.1, 0.15) is 43.8 Å². The molecule has 1 atom stereocenters. The lowest BCUT2D eigenvalue weighted by atomic mass is 10.3. The lowest BCUT2D eigenvalue weighted by molar-refractivity contribution is 0.0701. The molecule has 1 amide bonds. The number of nitrogens with zero attached hydrogens (tertiary/aromatic N) is 1. The molecule has 0 saturated carbocycles. The third kappa shape index (κ3) is 2.82. The molecule has 19 heavy (non-hydrogen) atoms. The number of hydrogen-bond acceptors (Lipinski definition) is 4. The summed E-state index contributed by atoms with van der Waals surface area (Å²) in [7, 11) is 0. The Hall–Kier alpha value is -2.15. The number of nitrogens with one attached hydrogen (secondary N) is 2. The second-order valence-corrected chi connectivity index (χ2v) is 5.08. The number of carboxylic acid groups (broad SMARTS) is 1. The maximum absolute atomic E-state index is 11.8. The van der Waals surface area contributed by atoms with Crippen molar-refractivity contribution in [2.75, 3.05) is 0 Å². The highest BCUT2D eigenvalue weighted by molar-refractivity contribution is 7.13. The zero-order chi connectivity index (χ0) is 14.0. The minimum absolute atomic E-state index is 0.205. The molecule has 0 aromatic carbocycles. The van der Waals surface area contributed by atoms with E-state index < -0.39 is 5.97 Å². The largest absolute Gasteiger partial charge is 0.477 e. The van der Waals surface area contributed by atoms with E-state index in [-0.39, 0.29) is 16.8 Å². The van der Waals surface area contributed by atoms with Crippen LogP contribution in [0.3, 0.4) is 0 Å². The molecule has 2 heterocycles. The van der Waals surface area contributed by atoms with E-state index in [0.717, 1.165) is 11.3 Å². The number of aryl methyl sites for hydroxylation is 1. The van der Waals surface area contributed by atoms with Gasteiger partial charge in [0.25, 0.3) is 5.91 Å². The Bertz CT molecular complexity index is 604. The highest BCUT2D eigenvalue weighted by Crippen LogP contribution is 2.23. The minimum atomic E-state index is -0.996. The summed E-state index contributed by atoms with van der Waals surface area (Å²) >= 11 is 1.08. The molecule has 2 aromatic heterocycles. The molecule has 0 unspecified atom stereocenters. The van der Waals surface area contributed by atoms with E-state index in [1.807, 2.05) is 0 Å². The van der Waals surface area contributed by atoms with Gasteiger partial charge in [0.05, 0.1) is 11.7 Å². The van der Waals surface area contributed by atoms with Crippen molar-refractivity contribution in [1.29, 1.82) is 0 Å². The number of hydrogen-bond donors (Lipinski definition) is 3. The fraction of sp³-hybridized carbons (Fsp3) is 0.250. The van der Waals surface area contributed by atoms with E-state index in [4.69, 9.17) is 5.11 Å². The van der Waals surface area contributed by atoms with E-state index >= 15 is 0 Å². The summed E-state index contributed by atoms with van der Waals surface area (Å²) in [4.78, 5) is 30.0. The maximum atomic E-state index is 11.8. The molecule has 0 aliphatic carbocycles. The van der Waals surface area contributed by atoms with Crippen molar-refractivity contribution < 1.29 is 14.7 Å². The first-order valence-electron chi connectivity index (χ1n) is 5.64. The van der Waals surface area contributed by atoms with Crippen LogP contribution in [-0.2, 0) is 0 Å². The van der Waals surface area contributed by atoms with E-state index in [1.54, 1.807) is 32.2 Å². The monoisotopic (exact) mass is 279 g/mol. The van der Waals surface area contributed by atoms with Crippen molar-refractivity contribution in [2.24, 2.45) is 0 Å². The quantitative estimate of drug-likeness (QED) is 0.797. The van der Waals surface area contributed by atoms with Crippen LogP contribution in [-0.4, -0.2) is 27.0 Å². The van der Waals surface area contributed by atoms with Gasteiger partial charge in [-0.2, -0.15) is 0 Å². The Morgan fingerprint density at radius 1 is 1.53 bits per heavy atom. The average Bonchev–Trinajstić information content (AvgIpc) is 2.96. The van der Waals surface area contributed by atoms with E-state index in [1.165, 1.54) is 0 Å². The number of rotatable bonds is 4. The second kappa shape index (κ2) is 5.23. The van der Waals surface area contributed by atoms with Gasteiger partial charge in [-0.1, -0.05) is 0 Å². The van der Waals surface area contributed by atoms with Crippen LogP contribution in [0, 0.1) is 6.92 Å². The molecule has 0 spiro atoms. The van der Waals surface area contributed by atoms with Gasteiger partial charge in [0, 0.05) is 6.20 Å². The SMILES string of the molecule is Cc1nc([C@H](C)NC(=O)c2ccc[nH]2)sc1C(=O)O. The van der Waals surface area contributed by atoms with Crippen molar-refractivity contribution in [2.45, 2.75) is 19.9 Å². The van der Waals surface area contributed by atoms with Crippen molar-refractivity contribution in [3.8, 4) is 0 Å². The molecule has 0 aliphatic heterocycles. The van der Waals surface area contributed by atoms with E-state index in [9.17, 15) is 9.59 Å². The smallest absolute Gasteiger partial charge is 0.347 e. The third-order valence-corrected chi connectivity index (χ3v) is 3.90. The summed E-state index contributed by atoms with van der Waals surface area (Å²) in [6.45, 7) is 3.41. The zero-order valence-corrected chi connectivity index (χ0v) is 11.2. The number of carboxylic acids is 1.